The molecule has 15 heavy (non-hydrogen) atoms. The fourth-order valence-corrected chi connectivity index (χ4v) is 1.66. The molecule has 0 radical (unpaired) electrons. The van der Waals surface area contributed by atoms with E-state index >= 15 is 0 Å². The van der Waals surface area contributed by atoms with Crippen molar-refractivity contribution in [3.8, 4) is 0 Å². The second-order valence-corrected chi connectivity index (χ2v) is 3.95. The van der Waals surface area contributed by atoms with E-state index in [0.29, 0.717) is 6.04 Å². The number of aliphatic hydroxyl groups excluding tert-OH is 1. The highest BCUT2D eigenvalue weighted by atomic mass is 16.3. The Hall–Kier alpha value is -1.09. The molecule has 84 valence electrons. The molecular formula is C12H20N2O. The molecule has 0 amide bonds. The van der Waals surface area contributed by atoms with Gasteiger partial charge in [-0.25, -0.2) is 0 Å². The van der Waals surface area contributed by atoms with Crippen molar-refractivity contribution < 1.29 is 5.11 Å². The number of hydrogen-bond acceptors (Lipinski definition) is 3. The quantitative estimate of drug-likeness (QED) is 0.806. The molecule has 3 heteroatoms. The van der Waals surface area contributed by atoms with Crippen LogP contribution >= 0.6 is 0 Å². The van der Waals surface area contributed by atoms with Crippen molar-refractivity contribution in [1.82, 2.24) is 4.98 Å². The molecule has 0 aliphatic heterocycles. The molecule has 0 fully saturated rings. The van der Waals surface area contributed by atoms with E-state index in [2.05, 4.69) is 30.7 Å². The molecule has 0 bridgehead atoms. The summed E-state index contributed by atoms with van der Waals surface area (Å²) in [6.07, 6.45) is 2.88. The molecular weight excluding hydrogens is 188 g/mol. The van der Waals surface area contributed by atoms with Crippen molar-refractivity contribution in [1.29, 1.82) is 0 Å². The predicted molar refractivity (Wildman–Crippen MR) is 62.9 cm³/mol. The number of hydrogen-bond donors (Lipinski definition) is 1. The largest absolute Gasteiger partial charge is 0.390 e. The first kappa shape index (κ1) is 12.0. The second kappa shape index (κ2) is 5.71. The van der Waals surface area contributed by atoms with Gasteiger partial charge in [-0.15, -0.1) is 0 Å². The van der Waals surface area contributed by atoms with E-state index in [0.717, 1.165) is 24.3 Å². The van der Waals surface area contributed by atoms with Crippen LogP contribution in [0.1, 0.15) is 32.9 Å². The van der Waals surface area contributed by atoms with Gasteiger partial charge in [-0.3, -0.25) is 4.98 Å². The van der Waals surface area contributed by atoms with Crippen LogP contribution in [-0.2, 0) is 6.61 Å². The van der Waals surface area contributed by atoms with Crippen molar-refractivity contribution in [2.75, 3.05) is 11.4 Å². The van der Waals surface area contributed by atoms with Crippen LogP contribution in [0.15, 0.2) is 18.3 Å². The van der Waals surface area contributed by atoms with Crippen LogP contribution in [0.3, 0.4) is 0 Å². The van der Waals surface area contributed by atoms with Crippen molar-refractivity contribution in [3.05, 3.63) is 24.0 Å². The standard InChI is InChI=1S/C12H20N2O/c1-4-7-14(10(2)3)12-5-6-13-11(8-12)9-15/h5-6,8,10,15H,4,7,9H2,1-3H3. The minimum absolute atomic E-state index is 0.00585. The molecule has 1 aromatic rings. The van der Waals surface area contributed by atoms with Gasteiger partial charge in [-0.1, -0.05) is 6.92 Å². The Morgan fingerprint density at radius 2 is 2.20 bits per heavy atom. The molecule has 0 aliphatic rings. The molecule has 0 spiro atoms. The highest BCUT2D eigenvalue weighted by Crippen LogP contribution is 2.17. The molecule has 1 heterocycles. The lowest BCUT2D eigenvalue weighted by molar-refractivity contribution is 0.277. The zero-order valence-corrected chi connectivity index (χ0v) is 9.77. The molecule has 1 aromatic heterocycles. The highest BCUT2D eigenvalue weighted by Gasteiger charge is 2.09. The first-order chi connectivity index (χ1) is 7.19. The maximum Gasteiger partial charge on any atom is 0.0853 e. The zero-order valence-electron chi connectivity index (χ0n) is 9.77. The second-order valence-electron chi connectivity index (χ2n) is 3.95. The third-order valence-corrected chi connectivity index (χ3v) is 2.38. The zero-order chi connectivity index (χ0) is 11.3. The van der Waals surface area contributed by atoms with Crippen LogP contribution in [0, 0.1) is 0 Å². The van der Waals surface area contributed by atoms with Gasteiger partial charge in [0.2, 0.25) is 0 Å². The van der Waals surface area contributed by atoms with Crippen LogP contribution in [0.5, 0.6) is 0 Å². The van der Waals surface area contributed by atoms with E-state index in [-0.39, 0.29) is 6.61 Å². The average molecular weight is 208 g/mol. The molecule has 1 rings (SSSR count). The van der Waals surface area contributed by atoms with Crippen molar-refractivity contribution in [3.63, 3.8) is 0 Å². The predicted octanol–water partition coefficient (Wildman–Crippen LogP) is 2.20. The van der Waals surface area contributed by atoms with Crippen molar-refractivity contribution >= 4 is 5.69 Å². The Kier molecular flexibility index (Phi) is 4.56. The SMILES string of the molecule is CCCN(c1ccnc(CO)c1)C(C)C. The third-order valence-electron chi connectivity index (χ3n) is 2.38. The van der Waals surface area contributed by atoms with Crippen molar-refractivity contribution in [2.24, 2.45) is 0 Å². The van der Waals surface area contributed by atoms with Gasteiger partial charge in [0.1, 0.15) is 0 Å². The van der Waals surface area contributed by atoms with E-state index in [4.69, 9.17) is 5.11 Å². The number of aromatic nitrogens is 1. The normalized spacial score (nSPS) is 10.7. The summed E-state index contributed by atoms with van der Waals surface area (Å²) >= 11 is 0. The fraction of sp³-hybridized carbons (Fsp3) is 0.583. The summed E-state index contributed by atoms with van der Waals surface area (Å²) < 4.78 is 0. The number of nitrogens with zero attached hydrogens (tertiary/aromatic N) is 2. The number of rotatable bonds is 5. The Morgan fingerprint density at radius 3 is 2.73 bits per heavy atom. The Bertz CT molecular complexity index is 299. The molecule has 0 saturated carbocycles. The Balaban J connectivity index is 2.89. The van der Waals surface area contributed by atoms with Gasteiger partial charge in [-0.2, -0.15) is 0 Å². The summed E-state index contributed by atoms with van der Waals surface area (Å²) in [6, 6.07) is 4.42. The summed E-state index contributed by atoms with van der Waals surface area (Å²) in [4.78, 5) is 6.40. The van der Waals surface area contributed by atoms with E-state index in [1.807, 2.05) is 12.1 Å². The highest BCUT2D eigenvalue weighted by molar-refractivity contribution is 5.47. The molecule has 0 aromatic carbocycles. The molecule has 1 N–H and O–H groups in total. The monoisotopic (exact) mass is 208 g/mol. The Morgan fingerprint density at radius 1 is 1.47 bits per heavy atom. The average Bonchev–Trinajstić information content (AvgIpc) is 2.25. The lowest BCUT2D eigenvalue weighted by Gasteiger charge is -2.28. The van der Waals surface area contributed by atoms with Gasteiger partial charge in [-0.05, 0) is 32.4 Å². The lowest BCUT2D eigenvalue weighted by atomic mass is 10.2. The Labute approximate surface area is 91.8 Å². The maximum atomic E-state index is 9.03. The van der Waals surface area contributed by atoms with Gasteiger partial charge in [0.05, 0.1) is 12.3 Å². The minimum atomic E-state index is 0.00585. The minimum Gasteiger partial charge on any atom is -0.390 e. The summed E-state index contributed by atoms with van der Waals surface area (Å²) in [5.41, 5.74) is 1.88. The van der Waals surface area contributed by atoms with Gasteiger partial charge in [0, 0.05) is 24.5 Å². The van der Waals surface area contributed by atoms with Crippen LogP contribution in [0.4, 0.5) is 5.69 Å². The third kappa shape index (κ3) is 3.20. The van der Waals surface area contributed by atoms with Gasteiger partial charge < -0.3 is 10.0 Å². The smallest absolute Gasteiger partial charge is 0.0853 e. The van der Waals surface area contributed by atoms with Gasteiger partial charge >= 0.3 is 0 Å². The van der Waals surface area contributed by atoms with Crippen LogP contribution < -0.4 is 4.90 Å². The molecule has 0 atom stereocenters. The fourth-order valence-electron chi connectivity index (χ4n) is 1.66. The molecule has 0 saturated heterocycles. The lowest BCUT2D eigenvalue weighted by Crippen LogP contribution is -2.31. The summed E-state index contributed by atoms with van der Waals surface area (Å²) in [5, 5.41) is 9.03. The van der Waals surface area contributed by atoms with E-state index in [1.165, 1.54) is 0 Å². The van der Waals surface area contributed by atoms with Crippen LogP contribution in [0.2, 0.25) is 0 Å². The summed E-state index contributed by atoms with van der Waals surface area (Å²) in [5.74, 6) is 0. The van der Waals surface area contributed by atoms with Gasteiger partial charge in [0.15, 0.2) is 0 Å². The number of aliphatic hydroxyl groups is 1. The van der Waals surface area contributed by atoms with E-state index in [9.17, 15) is 0 Å². The van der Waals surface area contributed by atoms with E-state index < -0.39 is 0 Å². The van der Waals surface area contributed by atoms with Crippen LogP contribution in [-0.4, -0.2) is 22.7 Å². The maximum absolute atomic E-state index is 9.03. The topological polar surface area (TPSA) is 36.4 Å². The summed E-state index contributed by atoms with van der Waals surface area (Å²) in [7, 11) is 0. The van der Waals surface area contributed by atoms with E-state index in [1.54, 1.807) is 6.20 Å². The molecule has 0 unspecified atom stereocenters. The number of anilines is 1. The first-order valence-electron chi connectivity index (χ1n) is 5.51. The molecule has 0 aliphatic carbocycles. The van der Waals surface area contributed by atoms with Crippen molar-refractivity contribution in [2.45, 2.75) is 39.8 Å². The molecule has 3 nitrogen and oxygen atoms in total. The number of pyridine rings is 1. The first-order valence-corrected chi connectivity index (χ1v) is 5.51. The van der Waals surface area contributed by atoms with Crippen LogP contribution in [0.25, 0.3) is 0 Å². The van der Waals surface area contributed by atoms with Gasteiger partial charge in [0.25, 0.3) is 0 Å². The summed E-state index contributed by atoms with van der Waals surface area (Å²) in [6.45, 7) is 7.56.